The van der Waals surface area contributed by atoms with E-state index in [-0.39, 0.29) is 29.7 Å². The molecule has 5 nitrogen and oxygen atoms in total. The maximum Gasteiger partial charge on any atom is 0.387 e. The largest absolute Gasteiger partial charge is 0.493 e. The minimum atomic E-state index is -2.97. The Bertz CT molecular complexity index is 466. The summed E-state index contributed by atoms with van der Waals surface area (Å²) in [5, 5.41) is 2.63. The second kappa shape index (κ2) is 8.41. The molecule has 1 aromatic rings. The van der Waals surface area contributed by atoms with E-state index < -0.39 is 6.61 Å². The first-order valence-electron chi connectivity index (χ1n) is 6.62. The van der Waals surface area contributed by atoms with E-state index in [2.05, 4.69) is 10.1 Å². The predicted octanol–water partition coefficient (Wildman–Crippen LogP) is 2.61. The monoisotopic (exact) mass is 302 g/mol. The highest BCUT2D eigenvalue weighted by Gasteiger charge is 2.14. The van der Waals surface area contributed by atoms with Crippen LogP contribution in [-0.2, 0) is 4.79 Å². The Kier molecular flexibility index (Phi) is 6.87. The standard InChI is InChI=1S/C14H20F2N2O3/c1-3-9(8-17)6-13(19)18-10-4-5-11(20-2)12(7-10)21-14(15)16/h4-5,7,9,14H,3,6,8,17H2,1-2H3,(H,18,19). The van der Waals surface area contributed by atoms with Gasteiger partial charge in [0.25, 0.3) is 0 Å². The number of anilines is 1. The van der Waals surface area contributed by atoms with Gasteiger partial charge < -0.3 is 20.5 Å². The fraction of sp³-hybridized carbons (Fsp3) is 0.500. The van der Waals surface area contributed by atoms with Gasteiger partial charge in [0.1, 0.15) is 0 Å². The lowest BCUT2D eigenvalue weighted by Crippen LogP contribution is -2.21. The summed E-state index contributed by atoms with van der Waals surface area (Å²) < 4.78 is 33.9. The molecule has 0 aliphatic carbocycles. The first-order valence-corrected chi connectivity index (χ1v) is 6.62. The summed E-state index contributed by atoms with van der Waals surface area (Å²) in [6.07, 6.45) is 1.08. The van der Waals surface area contributed by atoms with Crippen molar-refractivity contribution in [2.24, 2.45) is 11.7 Å². The zero-order valence-corrected chi connectivity index (χ0v) is 12.1. The number of hydrogen-bond acceptors (Lipinski definition) is 4. The number of ether oxygens (including phenoxy) is 2. The summed E-state index contributed by atoms with van der Waals surface area (Å²) in [6, 6.07) is 4.30. The third-order valence-corrected chi connectivity index (χ3v) is 3.05. The van der Waals surface area contributed by atoms with Gasteiger partial charge in [0.05, 0.1) is 7.11 Å². The topological polar surface area (TPSA) is 73.6 Å². The van der Waals surface area contributed by atoms with Crippen molar-refractivity contribution in [3.05, 3.63) is 18.2 Å². The number of hydrogen-bond donors (Lipinski definition) is 2. The van der Waals surface area contributed by atoms with Gasteiger partial charge in [-0.05, 0) is 24.6 Å². The molecule has 0 saturated carbocycles. The summed E-state index contributed by atoms with van der Waals surface area (Å²) >= 11 is 0. The molecular weight excluding hydrogens is 282 g/mol. The number of alkyl halides is 2. The molecule has 3 N–H and O–H groups in total. The van der Waals surface area contributed by atoms with E-state index >= 15 is 0 Å². The fourth-order valence-corrected chi connectivity index (χ4v) is 1.81. The molecule has 1 amide bonds. The van der Waals surface area contributed by atoms with Crippen LogP contribution in [0.25, 0.3) is 0 Å². The number of carbonyl (C=O) groups is 1. The van der Waals surface area contributed by atoms with E-state index in [0.29, 0.717) is 12.2 Å². The van der Waals surface area contributed by atoms with Crippen LogP contribution in [0, 0.1) is 5.92 Å². The Labute approximate surface area is 122 Å². The van der Waals surface area contributed by atoms with Crippen LogP contribution in [0.15, 0.2) is 18.2 Å². The number of nitrogens with one attached hydrogen (secondary N) is 1. The van der Waals surface area contributed by atoms with Crippen molar-refractivity contribution in [3.63, 3.8) is 0 Å². The number of amides is 1. The Morgan fingerprint density at radius 1 is 1.38 bits per heavy atom. The van der Waals surface area contributed by atoms with Gasteiger partial charge in [-0.15, -0.1) is 0 Å². The molecule has 0 saturated heterocycles. The summed E-state index contributed by atoms with van der Waals surface area (Å²) in [4.78, 5) is 11.8. The number of carbonyl (C=O) groups excluding carboxylic acids is 1. The van der Waals surface area contributed by atoms with Gasteiger partial charge in [0, 0.05) is 18.2 Å². The van der Waals surface area contributed by atoms with Gasteiger partial charge >= 0.3 is 6.61 Å². The van der Waals surface area contributed by atoms with Crippen LogP contribution in [0.3, 0.4) is 0 Å². The summed E-state index contributed by atoms with van der Waals surface area (Å²) in [5.74, 6) is -0.0849. The van der Waals surface area contributed by atoms with Gasteiger partial charge in [-0.2, -0.15) is 8.78 Å². The second-order valence-corrected chi connectivity index (χ2v) is 4.51. The summed E-state index contributed by atoms with van der Waals surface area (Å²) in [6.45, 7) is -0.592. The van der Waals surface area contributed by atoms with Crippen molar-refractivity contribution < 1.29 is 23.0 Å². The van der Waals surface area contributed by atoms with Crippen molar-refractivity contribution in [1.29, 1.82) is 0 Å². The van der Waals surface area contributed by atoms with Crippen molar-refractivity contribution in [1.82, 2.24) is 0 Å². The number of benzene rings is 1. The lowest BCUT2D eigenvalue weighted by molar-refractivity contribution is -0.117. The Hall–Kier alpha value is -1.89. The number of halogens is 2. The molecule has 1 rings (SSSR count). The maximum absolute atomic E-state index is 12.3. The molecule has 0 bridgehead atoms. The molecule has 0 aromatic heterocycles. The summed E-state index contributed by atoms with van der Waals surface area (Å²) in [5.41, 5.74) is 5.91. The Morgan fingerprint density at radius 3 is 2.62 bits per heavy atom. The van der Waals surface area contributed by atoms with Crippen molar-refractivity contribution in [3.8, 4) is 11.5 Å². The molecule has 0 aliphatic rings. The zero-order chi connectivity index (χ0) is 15.8. The van der Waals surface area contributed by atoms with Gasteiger partial charge in [0.15, 0.2) is 11.5 Å². The van der Waals surface area contributed by atoms with Crippen LogP contribution in [0.4, 0.5) is 14.5 Å². The molecule has 118 valence electrons. The molecule has 0 spiro atoms. The van der Waals surface area contributed by atoms with Crippen LogP contribution in [0.2, 0.25) is 0 Å². The highest BCUT2D eigenvalue weighted by atomic mass is 19.3. The van der Waals surface area contributed by atoms with Crippen LogP contribution in [0.1, 0.15) is 19.8 Å². The van der Waals surface area contributed by atoms with Crippen LogP contribution in [-0.4, -0.2) is 26.2 Å². The van der Waals surface area contributed by atoms with Crippen molar-refractivity contribution in [2.45, 2.75) is 26.4 Å². The van der Waals surface area contributed by atoms with E-state index in [1.165, 1.54) is 19.2 Å². The third-order valence-electron chi connectivity index (χ3n) is 3.05. The van der Waals surface area contributed by atoms with Crippen LogP contribution >= 0.6 is 0 Å². The van der Waals surface area contributed by atoms with Gasteiger partial charge in [-0.1, -0.05) is 13.3 Å². The minimum Gasteiger partial charge on any atom is -0.493 e. The third kappa shape index (κ3) is 5.55. The smallest absolute Gasteiger partial charge is 0.387 e. The van der Waals surface area contributed by atoms with Gasteiger partial charge in [-0.3, -0.25) is 4.79 Å². The molecular formula is C14H20F2N2O3. The van der Waals surface area contributed by atoms with E-state index in [9.17, 15) is 13.6 Å². The van der Waals surface area contributed by atoms with Crippen LogP contribution in [0.5, 0.6) is 11.5 Å². The molecule has 0 heterocycles. The normalized spacial score (nSPS) is 12.1. The summed E-state index contributed by atoms with van der Waals surface area (Å²) in [7, 11) is 1.35. The first kappa shape index (κ1) is 17.2. The predicted molar refractivity (Wildman–Crippen MR) is 75.7 cm³/mol. The Morgan fingerprint density at radius 2 is 2.10 bits per heavy atom. The van der Waals surface area contributed by atoms with E-state index in [4.69, 9.17) is 10.5 Å². The van der Waals surface area contributed by atoms with E-state index in [0.717, 1.165) is 6.42 Å². The SMILES string of the molecule is CCC(CN)CC(=O)Nc1ccc(OC)c(OC(F)F)c1. The minimum absolute atomic E-state index is 0.0973. The molecule has 1 aromatic carbocycles. The average Bonchev–Trinajstić information content (AvgIpc) is 2.44. The van der Waals surface area contributed by atoms with E-state index in [1.807, 2.05) is 6.92 Å². The van der Waals surface area contributed by atoms with Gasteiger partial charge in [-0.25, -0.2) is 0 Å². The van der Waals surface area contributed by atoms with Crippen molar-refractivity contribution >= 4 is 11.6 Å². The molecule has 7 heteroatoms. The molecule has 0 fully saturated rings. The molecule has 0 aliphatic heterocycles. The highest BCUT2D eigenvalue weighted by molar-refractivity contribution is 5.91. The lowest BCUT2D eigenvalue weighted by Gasteiger charge is -2.14. The number of nitrogens with two attached hydrogens (primary N) is 1. The zero-order valence-electron chi connectivity index (χ0n) is 12.1. The fourth-order valence-electron chi connectivity index (χ4n) is 1.81. The average molecular weight is 302 g/mol. The molecule has 1 atom stereocenters. The van der Waals surface area contributed by atoms with E-state index in [1.54, 1.807) is 6.07 Å². The lowest BCUT2D eigenvalue weighted by atomic mass is 10.0. The van der Waals surface area contributed by atoms with Crippen molar-refractivity contribution in [2.75, 3.05) is 19.0 Å². The maximum atomic E-state index is 12.3. The molecule has 0 radical (unpaired) electrons. The first-order chi connectivity index (χ1) is 9.99. The van der Waals surface area contributed by atoms with Gasteiger partial charge in [0.2, 0.25) is 5.91 Å². The number of rotatable bonds is 8. The molecule has 21 heavy (non-hydrogen) atoms. The highest BCUT2D eigenvalue weighted by Crippen LogP contribution is 2.31. The van der Waals surface area contributed by atoms with Crippen LogP contribution < -0.4 is 20.5 Å². The molecule has 1 unspecified atom stereocenters. The second-order valence-electron chi connectivity index (χ2n) is 4.51. The number of methoxy groups -OCH3 is 1. The Balaban J connectivity index is 2.77. The quantitative estimate of drug-likeness (QED) is 0.774.